The molecule has 5 nitrogen and oxygen atoms in total. The lowest BCUT2D eigenvalue weighted by Gasteiger charge is -2.11. The van der Waals surface area contributed by atoms with Crippen LogP contribution in [0.4, 0.5) is 0 Å². The minimum absolute atomic E-state index is 0.00593. The molecule has 0 saturated carbocycles. The Balaban J connectivity index is 1.75. The van der Waals surface area contributed by atoms with Gasteiger partial charge >= 0.3 is 0 Å². The summed E-state index contributed by atoms with van der Waals surface area (Å²) < 4.78 is 33.2. The van der Waals surface area contributed by atoms with Crippen molar-refractivity contribution in [3.63, 3.8) is 0 Å². The highest BCUT2D eigenvalue weighted by Gasteiger charge is 2.15. The zero-order valence-electron chi connectivity index (χ0n) is 14.7. The van der Waals surface area contributed by atoms with Gasteiger partial charge in [0.05, 0.1) is 9.92 Å². The van der Waals surface area contributed by atoms with Gasteiger partial charge in [-0.05, 0) is 60.2 Å². The van der Waals surface area contributed by atoms with E-state index < -0.39 is 10.0 Å². The van der Waals surface area contributed by atoms with Crippen molar-refractivity contribution in [1.82, 2.24) is 4.72 Å². The summed E-state index contributed by atoms with van der Waals surface area (Å²) in [6.07, 6.45) is 0. The van der Waals surface area contributed by atoms with E-state index in [0.717, 1.165) is 0 Å². The molecule has 3 aromatic rings. The minimum Gasteiger partial charge on any atom is -0.456 e. The van der Waals surface area contributed by atoms with Gasteiger partial charge in [-0.25, -0.2) is 13.1 Å². The van der Waals surface area contributed by atoms with E-state index in [2.05, 4.69) is 4.72 Å². The van der Waals surface area contributed by atoms with Gasteiger partial charge in [0.15, 0.2) is 0 Å². The Hall–Kier alpha value is -2.27. The van der Waals surface area contributed by atoms with Crippen LogP contribution >= 0.6 is 34.8 Å². The van der Waals surface area contributed by atoms with Crippen molar-refractivity contribution in [3.8, 4) is 17.6 Å². The van der Waals surface area contributed by atoms with E-state index in [1.54, 1.807) is 36.4 Å². The van der Waals surface area contributed by atoms with Gasteiger partial charge in [0.25, 0.3) is 0 Å². The molecule has 0 aliphatic heterocycles. The van der Waals surface area contributed by atoms with Crippen molar-refractivity contribution >= 4 is 44.8 Å². The molecule has 0 heterocycles. The van der Waals surface area contributed by atoms with Gasteiger partial charge in [0.1, 0.15) is 23.1 Å². The largest absolute Gasteiger partial charge is 0.456 e. The Labute approximate surface area is 183 Å². The van der Waals surface area contributed by atoms with E-state index in [9.17, 15) is 13.7 Å². The molecule has 0 saturated heterocycles. The van der Waals surface area contributed by atoms with Crippen LogP contribution in [0.5, 0.6) is 11.5 Å². The van der Waals surface area contributed by atoms with E-state index >= 15 is 0 Å². The van der Waals surface area contributed by atoms with Crippen LogP contribution in [-0.2, 0) is 16.6 Å². The fourth-order valence-electron chi connectivity index (χ4n) is 2.45. The summed E-state index contributed by atoms with van der Waals surface area (Å²) in [4.78, 5) is 0.0506. The van der Waals surface area contributed by atoms with Gasteiger partial charge in [-0.15, -0.1) is 0 Å². The fraction of sp³-hybridized carbons (Fsp3) is 0.0500. The van der Waals surface area contributed by atoms with E-state index in [1.807, 2.05) is 6.07 Å². The number of nitriles is 1. The molecule has 0 aromatic heterocycles. The maximum absolute atomic E-state index is 12.5. The van der Waals surface area contributed by atoms with Gasteiger partial charge in [-0.3, -0.25) is 0 Å². The second kappa shape index (κ2) is 9.04. The van der Waals surface area contributed by atoms with Crippen LogP contribution in [0.2, 0.25) is 15.1 Å². The molecule has 0 aliphatic carbocycles. The first kappa shape index (κ1) is 21.4. The monoisotopic (exact) mass is 466 g/mol. The summed E-state index contributed by atoms with van der Waals surface area (Å²) in [5.74, 6) is 0.643. The second-order valence-corrected chi connectivity index (χ2v) is 8.88. The van der Waals surface area contributed by atoms with Crippen LogP contribution in [0.1, 0.15) is 11.1 Å². The highest BCUT2D eigenvalue weighted by molar-refractivity contribution is 7.89. The lowest BCUT2D eigenvalue weighted by molar-refractivity contribution is 0.480. The van der Waals surface area contributed by atoms with Crippen molar-refractivity contribution in [1.29, 1.82) is 5.26 Å². The summed E-state index contributed by atoms with van der Waals surface area (Å²) in [6, 6.07) is 17.4. The summed E-state index contributed by atoms with van der Waals surface area (Å²) in [5.41, 5.74) is 0.763. The molecule has 0 unspecified atom stereocenters. The Kier molecular flexibility index (Phi) is 6.68. The first-order valence-corrected chi connectivity index (χ1v) is 10.8. The second-order valence-electron chi connectivity index (χ2n) is 5.86. The number of hydrogen-bond acceptors (Lipinski definition) is 4. The smallest absolute Gasteiger partial charge is 0.240 e. The number of halogens is 3. The third-order valence-electron chi connectivity index (χ3n) is 3.91. The highest BCUT2D eigenvalue weighted by atomic mass is 35.5. The van der Waals surface area contributed by atoms with Gasteiger partial charge in [-0.2, -0.15) is 5.26 Å². The molecule has 0 fully saturated rings. The number of nitrogens with one attached hydrogen (secondary N) is 1. The molecule has 3 rings (SSSR count). The molecule has 1 N–H and O–H groups in total. The Bertz CT molecular complexity index is 1190. The Morgan fingerprint density at radius 3 is 2.38 bits per heavy atom. The predicted molar refractivity (Wildman–Crippen MR) is 113 cm³/mol. The molecular weight excluding hydrogens is 455 g/mol. The van der Waals surface area contributed by atoms with Crippen LogP contribution in [0, 0.1) is 11.3 Å². The first-order chi connectivity index (χ1) is 13.8. The molecule has 3 aromatic carbocycles. The van der Waals surface area contributed by atoms with Gasteiger partial charge in [0.2, 0.25) is 10.0 Å². The molecule has 0 spiro atoms. The van der Waals surface area contributed by atoms with Crippen LogP contribution in [0.25, 0.3) is 0 Å². The van der Waals surface area contributed by atoms with Crippen LogP contribution < -0.4 is 9.46 Å². The molecule has 29 heavy (non-hydrogen) atoms. The maximum atomic E-state index is 12.5. The number of hydrogen-bond donors (Lipinski definition) is 1. The van der Waals surface area contributed by atoms with Crippen LogP contribution in [-0.4, -0.2) is 8.42 Å². The standard InChI is InChI=1S/C20H13Cl3N2O3S/c21-14-4-9-18(22)13(10-14)12-25-29(26,27)16-7-5-15(6-8-16)28-20-3-1-2-19(23)17(20)11-24/h1-10,25H,12H2. The fourth-order valence-corrected chi connectivity index (χ4v) is 4.04. The number of sulfonamides is 1. The predicted octanol–water partition coefficient (Wildman–Crippen LogP) is 5.79. The van der Waals surface area contributed by atoms with Crippen molar-refractivity contribution in [2.75, 3.05) is 0 Å². The third kappa shape index (κ3) is 5.21. The molecule has 0 aliphatic rings. The van der Waals surface area contributed by atoms with E-state index in [1.165, 1.54) is 24.3 Å². The Morgan fingerprint density at radius 1 is 0.966 bits per heavy atom. The quantitative estimate of drug-likeness (QED) is 0.497. The lowest BCUT2D eigenvalue weighted by atomic mass is 10.2. The van der Waals surface area contributed by atoms with E-state index in [0.29, 0.717) is 21.4 Å². The lowest BCUT2D eigenvalue weighted by Crippen LogP contribution is -2.23. The summed E-state index contributed by atoms with van der Waals surface area (Å²) in [5, 5.41) is 10.3. The molecule has 9 heteroatoms. The summed E-state index contributed by atoms with van der Waals surface area (Å²) >= 11 is 18.0. The third-order valence-corrected chi connectivity index (χ3v) is 6.25. The average Bonchev–Trinajstić information content (AvgIpc) is 2.69. The molecule has 0 radical (unpaired) electrons. The van der Waals surface area contributed by atoms with Gasteiger partial charge in [-0.1, -0.05) is 40.9 Å². The number of rotatable bonds is 6. The Morgan fingerprint density at radius 2 is 1.69 bits per heavy atom. The van der Waals surface area contributed by atoms with Crippen molar-refractivity contribution in [3.05, 3.63) is 86.9 Å². The average molecular weight is 468 g/mol. The number of benzene rings is 3. The summed E-state index contributed by atoms with van der Waals surface area (Å²) in [7, 11) is -3.78. The minimum atomic E-state index is -3.78. The van der Waals surface area contributed by atoms with E-state index in [-0.39, 0.29) is 27.8 Å². The van der Waals surface area contributed by atoms with Gasteiger partial charge < -0.3 is 4.74 Å². The van der Waals surface area contributed by atoms with E-state index in [4.69, 9.17) is 39.5 Å². The zero-order chi connectivity index (χ0) is 21.0. The van der Waals surface area contributed by atoms with Crippen LogP contribution in [0.3, 0.4) is 0 Å². The molecule has 0 bridgehead atoms. The number of nitrogens with zero attached hydrogens (tertiary/aromatic N) is 1. The SMILES string of the molecule is N#Cc1c(Cl)cccc1Oc1ccc(S(=O)(=O)NCc2cc(Cl)ccc2Cl)cc1. The van der Waals surface area contributed by atoms with Crippen molar-refractivity contribution in [2.45, 2.75) is 11.4 Å². The molecule has 0 atom stereocenters. The zero-order valence-corrected chi connectivity index (χ0v) is 17.8. The number of ether oxygens (including phenoxy) is 1. The topological polar surface area (TPSA) is 79.2 Å². The van der Waals surface area contributed by atoms with Gasteiger partial charge in [0, 0.05) is 16.6 Å². The molecular formula is C20H13Cl3N2O3S. The van der Waals surface area contributed by atoms with Crippen molar-refractivity contribution in [2.24, 2.45) is 0 Å². The normalized spacial score (nSPS) is 11.1. The van der Waals surface area contributed by atoms with Crippen LogP contribution in [0.15, 0.2) is 65.6 Å². The first-order valence-electron chi connectivity index (χ1n) is 8.20. The molecule has 148 valence electrons. The maximum Gasteiger partial charge on any atom is 0.240 e. The highest BCUT2D eigenvalue weighted by Crippen LogP contribution is 2.30. The van der Waals surface area contributed by atoms with Crippen molar-refractivity contribution < 1.29 is 13.2 Å². The molecule has 0 amide bonds. The summed E-state index contributed by atoms with van der Waals surface area (Å²) in [6.45, 7) is -0.00593.